The SMILES string of the molecule is CC(C)(N)C12CCC(CC1)N(c1nccc(Nc3cc(C4CC4)[nH]n3)n1)C2. The van der Waals surface area contributed by atoms with Crippen molar-refractivity contribution in [1.29, 1.82) is 0 Å². The summed E-state index contributed by atoms with van der Waals surface area (Å²) in [6.07, 6.45) is 9.10. The van der Waals surface area contributed by atoms with Crippen molar-refractivity contribution in [2.45, 2.75) is 69.9 Å². The van der Waals surface area contributed by atoms with Crippen LogP contribution in [0, 0.1) is 5.41 Å². The van der Waals surface area contributed by atoms with Crippen molar-refractivity contribution in [3.05, 3.63) is 24.0 Å². The summed E-state index contributed by atoms with van der Waals surface area (Å²) in [5.41, 5.74) is 7.76. The number of nitrogens with two attached hydrogens (primary N) is 1. The van der Waals surface area contributed by atoms with E-state index in [9.17, 15) is 0 Å². The molecule has 2 bridgehead atoms. The third kappa shape index (κ3) is 2.98. The number of nitrogens with zero attached hydrogens (tertiary/aromatic N) is 4. The smallest absolute Gasteiger partial charge is 0.227 e. The number of aromatic amines is 1. The van der Waals surface area contributed by atoms with Gasteiger partial charge in [0.1, 0.15) is 5.82 Å². The summed E-state index contributed by atoms with van der Waals surface area (Å²) in [5.74, 6) is 3.07. The number of rotatable bonds is 5. The van der Waals surface area contributed by atoms with Crippen LogP contribution in [0.4, 0.5) is 17.6 Å². The Balaban J connectivity index is 1.37. The monoisotopic (exact) mass is 367 g/mol. The Labute approximate surface area is 160 Å². The van der Waals surface area contributed by atoms with E-state index >= 15 is 0 Å². The van der Waals surface area contributed by atoms with Crippen LogP contribution in [-0.2, 0) is 0 Å². The van der Waals surface area contributed by atoms with E-state index in [0.717, 1.165) is 24.1 Å². The molecule has 4 N–H and O–H groups in total. The molecule has 0 aromatic carbocycles. The number of anilines is 3. The summed E-state index contributed by atoms with van der Waals surface area (Å²) in [6.45, 7) is 5.29. The summed E-state index contributed by atoms with van der Waals surface area (Å²) >= 11 is 0. The van der Waals surface area contributed by atoms with Gasteiger partial charge in [0.05, 0.1) is 0 Å². The van der Waals surface area contributed by atoms with Crippen LogP contribution in [0.5, 0.6) is 0 Å². The zero-order chi connectivity index (χ0) is 18.6. The van der Waals surface area contributed by atoms with E-state index in [1.807, 2.05) is 12.3 Å². The highest BCUT2D eigenvalue weighted by atomic mass is 15.3. The number of nitrogens with one attached hydrogen (secondary N) is 2. The molecule has 0 spiro atoms. The third-order valence-electron chi connectivity index (χ3n) is 6.96. The fourth-order valence-electron chi connectivity index (χ4n) is 4.85. The number of aromatic nitrogens is 4. The lowest BCUT2D eigenvalue weighted by molar-refractivity contribution is 0.0495. The highest BCUT2D eigenvalue weighted by molar-refractivity contribution is 5.54. The van der Waals surface area contributed by atoms with Crippen LogP contribution in [0.1, 0.15) is 64.0 Å². The van der Waals surface area contributed by atoms with Gasteiger partial charge in [0.15, 0.2) is 5.82 Å². The van der Waals surface area contributed by atoms with Crippen molar-refractivity contribution >= 4 is 17.6 Å². The molecule has 0 unspecified atom stereocenters. The van der Waals surface area contributed by atoms with Crippen LogP contribution >= 0.6 is 0 Å². The van der Waals surface area contributed by atoms with Crippen molar-refractivity contribution in [1.82, 2.24) is 20.2 Å². The fraction of sp³-hybridized carbons (Fsp3) is 0.650. The summed E-state index contributed by atoms with van der Waals surface area (Å²) in [5, 5.41) is 10.8. The van der Waals surface area contributed by atoms with E-state index in [1.165, 1.54) is 44.2 Å². The minimum Gasteiger partial charge on any atom is -0.337 e. The van der Waals surface area contributed by atoms with Crippen molar-refractivity contribution in [2.24, 2.45) is 11.1 Å². The lowest BCUT2D eigenvalue weighted by Gasteiger charge is -2.58. The highest BCUT2D eigenvalue weighted by Gasteiger charge is 2.52. The van der Waals surface area contributed by atoms with E-state index in [0.29, 0.717) is 12.0 Å². The van der Waals surface area contributed by atoms with Gasteiger partial charge in [-0.3, -0.25) is 5.10 Å². The summed E-state index contributed by atoms with van der Waals surface area (Å²) < 4.78 is 0. The zero-order valence-corrected chi connectivity index (χ0v) is 16.2. The molecule has 4 aliphatic rings. The molecule has 6 rings (SSSR count). The van der Waals surface area contributed by atoms with Gasteiger partial charge in [-0.25, -0.2) is 4.98 Å². The molecule has 2 aliphatic carbocycles. The molecule has 2 saturated heterocycles. The van der Waals surface area contributed by atoms with Gasteiger partial charge >= 0.3 is 0 Å². The van der Waals surface area contributed by atoms with Crippen LogP contribution in [0.2, 0.25) is 0 Å². The normalized spacial score (nSPS) is 27.8. The van der Waals surface area contributed by atoms with Crippen LogP contribution in [0.3, 0.4) is 0 Å². The Kier molecular flexibility index (Phi) is 3.73. The van der Waals surface area contributed by atoms with E-state index in [-0.39, 0.29) is 11.0 Å². The van der Waals surface area contributed by atoms with E-state index in [2.05, 4.69) is 45.3 Å². The molecule has 144 valence electrons. The molecule has 4 heterocycles. The molecule has 2 aromatic heterocycles. The minimum atomic E-state index is -0.194. The number of H-pyrrole nitrogens is 1. The van der Waals surface area contributed by atoms with Crippen LogP contribution in [-0.4, -0.2) is 38.3 Å². The molecule has 0 atom stereocenters. The average Bonchev–Trinajstić information content (AvgIpc) is 3.42. The molecular formula is C20H29N7. The largest absolute Gasteiger partial charge is 0.337 e. The quantitative estimate of drug-likeness (QED) is 0.750. The minimum absolute atomic E-state index is 0.149. The second-order valence-corrected chi connectivity index (χ2v) is 9.21. The van der Waals surface area contributed by atoms with Gasteiger partial charge in [0.2, 0.25) is 5.95 Å². The maximum atomic E-state index is 6.59. The molecule has 2 saturated carbocycles. The van der Waals surface area contributed by atoms with Crippen LogP contribution in [0.15, 0.2) is 18.3 Å². The molecular weight excluding hydrogens is 338 g/mol. The Hall–Kier alpha value is -2.15. The second-order valence-electron chi connectivity index (χ2n) is 9.21. The number of piperidine rings is 2. The first-order valence-electron chi connectivity index (χ1n) is 10.1. The Morgan fingerprint density at radius 1 is 1.22 bits per heavy atom. The van der Waals surface area contributed by atoms with Gasteiger partial charge in [-0.1, -0.05) is 0 Å². The lowest BCUT2D eigenvalue weighted by atomic mass is 9.59. The Morgan fingerprint density at radius 3 is 2.70 bits per heavy atom. The van der Waals surface area contributed by atoms with Crippen molar-refractivity contribution < 1.29 is 0 Å². The molecule has 0 amide bonds. The summed E-state index contributed by atoms with van der Waals surface area (Å²) in [6, 6.07) is 4.52. The van der Waals surface area contributed by atoms with Crippen molar-refractivity contribution in [3.8, 4) is 0 Å². The van der Waals surface area contributed by atoms with Crippen molar-refractivity contribution in [2.75, 3.05) is 16.8 Å². The van der Waals surface area contributed by atoms with E-state index in [4.69, 9.17) is 10.7 Å². The molecule has 0 radical (unpaired) electrons. The highest BCUT2D eigenvalue weighted by Crippen LogP contribution is 2.50. The molecule has 4 fully saturated rings. The zero-order valence-electron chi connectivity index (χ0n) is 16.2. The molecule has 2 aliphatic heterocycles. The predicted octanol–water partition coefficient (Wildman–Crippen LogP) is 3.31. The molecule has 7 heteroatoms. The van der Waals surface area contributed by atoms with Gasteiger partial charge in [0.25, 0.3) is 0 Å². The Bertz CT molecular complexity index is 825. The first-order chi connectivity index (χ1) is 12.9. The van der Waals surface area contributed by atoms with Gasteiger partial charge in [-0.2, -0.15) is 10.1 Å². The van der Waals surface area contributed by atoms with Crippen LogP contribution < -0.4 is 16.0 Å². The first kappa shape index (κ1) is 17.0. The van der Waals surface area contributed by atoms with Gasteiger partial charge in [0, 0.05) is 47.4 Å². The second kappa shape index (κ2) is 5.92. The van der Waals surface area contributed by atoms with Crippen LogP contribution in [0.25, 0.3) is 0 Å². The van der Waals surface area contributed by atoms with Gasteiger partial charge in [-0.15, -0.1) is 0 Å². The molecule has 27 heavy (non-hydrogen) atoms. The van der Waals surface area contributed by atoms with Crippen molar-refractivity contribution in [3.63, 3.8) is 0 Å². The first-order valence-corrected chi connectivity index (χ1v) is 10.1. The number of fused-ring (bicyclic) bond motifs is 3. The topological polar surface area (TPSA) is 95.8 Å². The van der Waals surface area contributed by atoms with E-state index < -0.39 is 0 Å². The predicted molar refractivity (Wildman–Crippen MR) is 106 cm³/mol. The Morgan fingerprint density at radius 2 is 2.00 bits per heavy atom. The summed E-state index contributed by atoms with van der Waals surface area (Å²) in [7, 11) is 0. The fourth-order valence-corrected chi connectivity index (χ4v) is 4.85. The average molecular weight is 368 g/mol. The number of hydrogen-bond donors (Lipinski definition) is 3. The maximum Gasteiger partial charge on any atom is 0.227 e. The lowest BCUT2D eigenvalue weighted by Crippen LogP contribution is -2.64. The van der Waals surface area contributed by atoms with Gasteiger partial charge < -0.3 is 16.0 Å². The molecule has 2 aromatic rings. The third-order valence-corrected chi connectivity index (χ3v) is 6.96. The van der Waals surface area contributed by atoms with Gasteiger partial charge in [-0.05, 0) is 58.4 Å². The number of hydrogen-bond acceptors (Lipinski definition) is 6. The summed E-state index contributed by atoms with van der Waals surface area (Å²) in [4.78, 5) is 11.8. The maximum absolute atomic E-state index is 6.59. The standard InChI is InChI=1S/C20H29N7/c1-19(2,21)20-8-5-14(6-9-20)27(12-20)18-22-10-7-16(24-18)23-17-11-15(25-26-17)13-3-4-13/h7,10-11,13-14H,3-6,8-9,12,21H2,1-2H3,(H2,22,23,24,25,26). The molecule has 7 nitrogen and oxygen atoms in total. The van der Waals surface area contributed by atoms with E-state index in [1.54, 1.807) is 0 Å².